The number of aromatic amines is 1. The molecule has 0 radical (unpaired) electrons. The zero-order valence-electron chi connectivity index (χ0n) is 17.5. The third-order valence-corrected chi connectivity index (χ3v) is 5.65. The van der Waals surface area contributed by atoms with Crippen LogP contribution >= 0.6 is 11.8 Å². The number of rotatable bonds is 9. The number of para-hydroxylation sites is 1. The molecule has 1 aromatic heterocycles. The first-order valence-electron chi connectivity index (χ1n) is 10.1. The van der Waals surface area contributed by atoms with E-state index in [9.17, 15) is 4.79 Å². The van der Waals surface area contributed by atoms with Crippen molar-refractivity contribution in [3.63, 3.8) is 0 Å². The lowest BCUT2D eigenvalue weighted by atomic mass is 10.1. The number of nitrogens with zero attached hydrogens (tertiary/aromatic N) is 2. The molecule has 0 unspecified atom stereocenters. The van der Waals surface area contributed by atoms with Crippen molar-refractivity contribution in [1.29, 1.82) is 0 Å². The Hall–Kier alpha value is -2.93. The summed E-state index contributed by atoms with van der Waals surface area (Å²) >= 11 is 1.79. The molecule has 1 amide bonds. The number of carbonyl (C=O) groups is 1. The largest absolute Gasteiger partial charge is 0.361 e. The van der Waals surface area contributed by atoms with Crippen molar-refractivity contribution in [1.82, 2.24) is 20.5 Å². The van der Waals surface area contributed by atoms with E-state index in [1.54, 1.807) is 30.8 Å². The maximum absolute atomic E-state index is 11.9. The molecule has 0 spiro atoms. The van der Waals surface area contributed by atoms with Crippen molar-refractivity contribution in [2.24, 2.45) is 4.99 Å². The predicted octanol–water partition coefficient (Wildman–Crippen LogP) is 3.13. The van der Waals surface area contributed by atoms with Crippen molar-refractivity contribution in [2.75, 3.05) is 39.5 Å². The molecule has 0 saturated carbocycles. The van der Waals surface area contributed by atoms with Crippen LogP contribution in [0.25, 0.3) is 10.9 Å². The Kier molecular flexibility index (Phi) is 8.20. The number of aliphatic imine (C=N–C) groups is 1. The third-order valence-electron chi connectivity index (χ3n) is 4.64. The van der Waals surface area contributed by atoms with E-state index in [-0.39, 0.29) is 12.5 Å². The quantitative estimate of drug-likeness (QED) is 0.214. The average molecular weight is 424 g/mol. The van der Waals surface area contributed by atoms with Crippen molar-refractivity contribution >= 4 is 34.5 Å². The van der Waals surface area contributed by atoms with Gasteiger partial charge in [-0.2, -0.15) is 0 Å². The van der Waals surface area contributed by atoms with E-state index in [1.165, 1.54) is 15.8 Å². The Morgan fingerprint density at radius 1 is 1.03 bits per heavy atom. The highest BCUT2D eigenvalue weighted by Gasteiger charge is 2.06. The number of carbonyl (C=O) groups excluding carboxylic acids is 1. The lowest BCUT2D eigenvalue weighted by Crippen LogP contribution is -2.40. The molecule has 0 fully saturated rings. The highest BCUT2D eigenvalue weighted by atomic mass is 32.2. The van der Waals surface area contributed by atoms with Crippen molar-refractivity contribution < 1.29 is 4.79 Å². The van der Waals surface area contributed by atoms with Crippen LogP contribution in [0.4, 0.5) is 0 Å². The molecule has 1 heterocycles. The maximum atomic E-state index is 11.9. The number of hydrogen-bond donors (Lipinski definition) is 3. The fourth-order valence-electron chi connectivity index (χ4n) is 2.97. The number of hydrogen-bond acceptors (Lipinski definition) is 3. The van der Waals surface area contributed by atoms with Gasteiger partial charge in [-0.25, -0.2) is 4.99 Å². The molecule has 0 atom stereocenters. The second-order valence-corrected chi connectivity index (χ2v) is 8.25. The molecular weight excluding hydrogens is 394 g/mol. The highest BCUT2D eigenvalue weighted by molar-refractivity contribution is 7.99. The zero-order chi connectivity index (χ0) is 21.2. The first kappa shape index (κ1) is 21.8. The summed E-state index contributed by atoms with van der Waals surface area (Å²) < 4.78 is 0. The lowest BCUT2D eigenvalue weighted by Gasteiger charge is -2.14. The summed E-state index contributed by atoms with van der Waals surface area (Å²) in [4.78, 5) is 22.5. The van der Waals surface area contributed by atoms with E-state index in [2.05, 4.69) is 57.1 Å². The zero-order valence-corrected chi connectivity index (χ0v) is 18.3. The fourth-order valence-corrected chi connectivity index (χ4v) is 3.76. The number of benzene rings is 2. The van der Waals surface area contributed by atoms with Crippen LogP contribution < -0.4 is 10.6 Å². The van der Waals surface area contributed by atoms with E-state index in [0.717, 1.165) is 30.8 Å². The van der Waals surface area contributed by atoms with Crippen molar-refractivity contribution in [2.45, 2.75) is 11.3 Å². The Morgan fingerprint density at radius 2 is 1.77 bits per heavy atom. The van der Waals surface area contributed by atoms with Gasteiger partial charge in [-0.1, -0.05) is 36.4 Å². The molecule has 3 N–H and O–H groups in total. The van der Waals surface area contributed by atoms with Gasteiger partial charge in [-0.3, -0.25) is 4.79 Å². The molecule has 0 aliphatic rings. The normalized spacial score (nSPS) is 11.5. The van der Waals surface area contributed by atoms with E-state index in [0.29, 0.717) is 5.96 Å². The standard InChI is InChI=1S/C23H29N5OS/c1-28(2)22(29)17-27-23(25-14-15-30-19-8-4-3-5-9-19)24-13-12-18-16-26-21-11-7-6-10-20(18)21/h3-11,16,26H,12-15,17H2,1-2H3,(H2,24,25,27). The molecule has 3 rings (SSSR count). The number of nitrogens with one attached hydrogen (secondary N) is 3. The summed E-state index contributed by atoms with van der Waals surface area (Å²) in [5, 5.41) is 7.95. The lowest BCUT2D eigenvalue weighted by molar-refractivity contribution is -0.127. The summed E-state index contributed by atoms with van der Waals surface area (Å²) in [6.07, 6.45) is 2.92. The maximum Gasteiger partial charge on any atom is 0.243 e. The summed E-state index contributed by atoms with van der Waals surface area (Å²) in [7, 11) is 3.48. The van der Waals surface area contributed by atoms with Gasteiger partial charge in [0.15, 0.2) is 5.96 Å². The second-order valence-electron chi connectivity index (χ2n) is 7.08. The Bertz CT molecular complexity index is 968. The first-order valence-corrected chi connectivity index (χ1v) is 11.1. The molecule has 2 aromatic carbocycles. The first-order chi connectivity index (χ1) is 14.6. The third kappa shape index (κ3) is 6.56. The Balaban J connectivity index is 1.52. The van der Waals surface area contributed by atoms with Crippen LogP contribution in [-0.4, -0.2) is 61.2 Å². The van der Waals surface area contributed by atoms with Gasteiger partial charge in [-0.05, 0) is 30.2 Å². The average Bonchev–Trinajstić information content (AvgIpc) is 3.18. The van der Waals surface area contributed by atoms with Crippen LogP contribution in [0.3, 0.4) is 0 Å². The van der Waals surface area contributed by atoms with Crippen LogP contribution in [0.15, 0.2) is 70.7 Å². The Morgan fingerprint density at radius 3 is 2.57 bits per heavy atom. The number of likely N-dealkylation sites (N-methyl/N-ethyl adjacent to an activating group) is 1. The highest BCUT2D eigenvalue weighted by Crippen LogP contribution is 2.18. The number of fused-ring (bicyclic) bond motifs is 1. The van der Waals surface area contributed by atoms with Gasteiger partial charge < -0.3 is 20.5 Å². The van der Waals surface area contributed by atoms with Gasteiger partial charge in [0, 0.05) is 54.9 Å². The number of thioether (sulfide) groups is 1. The van der Waals surface area contributed by atoms with Crippen molar-refractivity contribution in [3.05, 3.63) is 66.4 Å². The molecule has 0 saturated heterocycles. The monoisotopic (exact) mass is 423 g/mol. The number of aromatic nitrogens is 1. The van der Waals surface area contributed by atoms with Gasteiger partial charge >= 0.3 is 0 Å². The van der Waals surface area contributed by atoms with Gasteiger partial charge in [0.05, 0.1) is 0 Å². The van der Waals surface area contributed by atoms with Crippen LogP contribution in [0.2, 0.25) is 0 Å². The number of amides is 1. The Labute approximate surface area is 182 Å². The summed E-state index contributed by atoms with van der Waals surface area (Å²) in [6, 6.07) is 18.6. The second kappa shape index (κ2) is 11.3. The molecular formula is C23H29N5OS. The van der Waals surface area contributed by atoms with Gasteiger partial charge in [0.2, 0.25) is 5.91 Å². The van der Waals surface area contributed by atoms with E-state index < -0.39 is 0 Å². The molecule has 30 heavy (non-hydrogen) atoms. The van der Waals surface area contributed by atoms with Crippen LogP contribution in [0.1, 0.15) is 5.56 Å². The minimum atomic E-state index is -0.0219. The SMILES string of the molecule is CN(C)C(=O)CN=C(NCCSc1ccccc1)NCCc1c[nH]c2ccccc12. The van der Waals surface area contributed by atoms with Crippen LogP contribution in [-0.2, 0) is 11.2 Å². The molecule has 7 heteroatoms. The van der Waals surface area contributed by atoms with Crippen LogP contribution in [0, 0.1) is 0 Å². The van der Waals surface area contributed by atoms with E-state index in [4.69, 9.17) is 0 Å². The molecule has 0 bridgehead atoms. The summed E-state index contributed by atoms with van der Waals surface area (Å²) in [6.45, 7) is 1.62. The molecule has 3 aromatic rings. The smallest absolute Gasteiger partial charge is 0.243 e. The molecule has 0 aliphatic heterocycles. The molecule has 158 valence electrons. The van der Waals surface area contributed by atoms with Gasteiger partial charge in [0.1, 0.15) is 6.54 Å². The van der Waals surface area contributed by atoms with Gasteiger partial charge in [0.25, 0.3) is 0 Å². The van der Waals surface area contributed by atoms with Crippen LogP contribution in [0.5, 0.6) is 0 Å². The summed E-state index contributed by atoms with van der Waals surface area (Å²) in [5.74, 6) is 1.56. The molecule has 6 nitrogen and oxygen atoms in total. The van der Waals surface area contributed by atoms with Gasteiger partial charge in [-0.15, -0.1) is 11.8 Å². The number of guanidine groups is 1. The predicted molar refractivity (Wildman–Crippen MR) is 126 cm³/mol. The van der Waals surface area contributed by atoms with E-state index >= 15 is 0 Å². The number of H-pyrrole nitrogens is 1. The van der Waals surface area contributed by atoms with E-state index in [1.807, 2.05) is 24.3 Å². The van der Waals surface area contributed by atoms with Crippen molar-refractivity contribution in [3.8, 4) is 0 Å². The topological polar surface area (TPSA) is 72.5 Å². The minimum Gasteiger partial charge on any atom is -0.361 e. The molecule has 0 aliphatic carbocycles. The minimum absolute atomic E-state index is 0.0219. The summed E-state index contributed by atoms with van der Waals surface area (Å²) in [5.41, 5.74) is 2.41. The fraction of sp³-hybridized carbons (Fsp3) is 0.304.